The number of rotatable bonds is 7. The van der Waals surface area contributed by atoms with Gasteiger partial charge >= 0.3 is 0 Å². The number of nitrogens with two attached hydrogens (primary N) is 1. The number of methoxy groups -OCH3 is 2. The third-order valence-corrected chi connectivity index (χ3v) is 5.33. The van der Waals surface area contributed by atoms with Crippen LogP contribution < -0.4 is 20.5 Å². The third-order valence-electron chi connectivity index (χ3n) is 5.33. The summed E-state index contributed by atoms with van der Waals surface area (Å²) in [4.78, 5) is 11.4. The quantitative estimate of drug-likeness (QED) is 0.322. The Balaban J connectivity index is 0.00000320. The second-order valence-corrected chi connectivity index (χ2v) is 7.39. The molecule has 9 heteroatoms. The van der Waals surface area contributed by atoms with Gasteiger partial charge in [-0.05, 0) is 57.8 Å². The van der Waals surface area contributed by atoms with Gasteiger partial charge in [-0.1, -0.05) is 0 Å². The molecule has 0 atom stereocenters. The normalized spacial score (nSPS) is 15.5. The maximum atomic E-state index is 6.10. The SMILES string of the molecule is COc1ccc(OC)c(NC(N)=NCC2CCN(Cc3nc(C)c(C)o3)CC2)c1.I. The average Bonchev–Trinajstić information content (AvgIpc) is 3.04. The van der Waals surface area contributed by atoms with Crippen molar-refractivity contribution >= 4 is 35.6 Å². The number of guanidine groups is 1. The number of aromatic nitrogens is 1. The van der Waals surface area contributed by atoms with Gasteiger partial charge in [0, 0.05) is 12.6 Å². The molecule has 0 aliphatic carbocycles. The van der Waals surface area contributed by atoms with Crippen LogP contribution in [0.1, 0.15) is 30.2 Å². The molecule has 1 aliphatic heterocycles. The maximum absolute atomic E-state index is 6.10. The van der Waals surface area contributed by atoms with Crippen LogP contribution in [-0.2, 0) is 6.54 Å². The summed E-state index contributed by atoms with van der Waals surface area (Å²) in [5.74, 6) is 4.02. The van der Waals surface area contributed by atoms with Crippen LogP contribution in [0.3, 0.4) is 0 Å². The number of anilines is 1. The smallest absolute Gasteiger partial charge is 0.208 e. The molecule has 0 saturated carbocycles. The van der Waals surface area contributed by atoms with E-state index in [0.29, 0.717) is 24.2 Å². The van der Waals surface area contributed by atoms with Crippen LogP contribution in [0.4, 0.5) is 5.69 Å². The number of oxazole rings is 1. The molecule has 2 aromatic rings. The summed E-state index contributed by atoms with van der Waals surface area (Å²) in [6.45, 7) is 7.43. The van der Waals surface area contributed by atoms with Gasteiger partial charge in [0.1, 0.15) is 17.3 Å². The van der Waals surface area contributed by atoms with Crippen LogP contribution in [0.5, 0.6) is 11.5 Å². The molecule has 1 aliphatic rings. The van der Waals surface area contributed by atoms with E-state index in [2.05, 4.69) is 20.2 Å². The van der Waals surface area contributed by atoms with Gasteiger partial charge in [0.25, 0.3) is 0 Å². The van der Waals surface area contributed by atoms with Crippen molar-refractivity contribution in [2.75, 3.05) is 39.2 Å². The Hall–Kier alpha value is -2.01. The van der Waals surface area contributed by atoms with E-state index in [4.69, 9.17) is 19.6 Å². The second-order valence-electron chi connectivity index (χ2n) is 7.39. The number of hydrogen-bond donors (Lipinski definition) is 2. The van der Waals surface area contributed by atoms with Crippen LogP contribution in [-0.4, -0.2) is 49.7 Å². The van der Waals surface area contributed by atoms with Crippen LogP contribution in [0.2, 0.25) is 0 Å². The van der Waals surface area contributed by atoms with Gasteiger partial charge in [0.2, 0.25) is 5.89 Å². The lowest BCUT2D eigenvalue weighted by Crippen LogP contribution is -2.34. The molecule has 0 radical (unpaired) electrons. The highest BCUT2D eigenvalue weighted by atomic mass is 127. The van der Waals surface area contributed by atoms with E-state index in [9.17, 15) is 0 Å². The van der Waals surface area contributed by atoms with Crippen LogP contribution in [0.15, 0.2) is 27.6 Å². The van der Waals surface area contributed by atoms with Crippen molar-refractivity contribution in [3.63, 3.8) is 0 Å². The summed E-state index contributed by atoms with van der Waals surface area (Å²) in [6.07, 6.45) is 2.16. The molecular weight excluding hydrogens is 497 g/mol. The Labute approximate surface area is 195 Å². The van der Waals surface area contributed by atoms with Crippen molar-refractivity contribution in [3.8, 4) is 11.5 Å². The van der Waals surface area contributed by atoms with E-state index < -0.39 is 0 Å². The zero-order valence-corrected chi connectivity index (χ0v) is 20.4. The first kappa shape index (κ1) is 24.3. The molecule has 1 aromatic carbocycles. The lowest BCUT2D eigenvalue weighted by molar-refractivity contribution is 0.166. The number of aryl methyl sites for hydroxylation is 2. The van der Waals surface area contributed by atoms with Crippen LogP contribution in [0, 0.1) is 19.8 Å². The predicted molar refractivity (Wildman–Crippen MR) is 129 cm³/mol. The molecule has 0 amide bonds. The number of nitrogens with zero attached hydrogens (tertiary/aromatic N) is 3. The summed E-state index contributed by atoms with van der Waals surface area (Å²) in [6, 6.07) is 5.51. The minimum absolute atomic E-state index is 0. The second kappa shape index (κ2) is 11.4. The average molecular weight is 529 g/mol. The molecule has 3 rings (SSSR count). The van der Waals surface area contributed by atoms with Crippen molar-refractivity contribution < 1.29 is 13.9 Å². The molecular formula is C21H32IN5O3. The van der Waals surface area contributed by atoms with Crippen LogP contribution in [0.25, 0.3) is 0 Å². The minimum atomic E-state index is 0. The molecule has 0 spiro atoms. The lowest BCUT2D eigenvalue weighted by Gasteiger charge is -2.30. The highest BCUT2D eigenvalue weighted by molar-refractivity contribution is 14.0. The molecule has 30 heavy (non-hydrogen) atoms. The Kier molecular flexibility index (Phi) is 9.22. The Morgan fingerprint density at radius 1 is 1.27 bits per heavy atom. The van der Waals surface area contributed by atoms with Crippen molar-refractivity contribution in [1.82, 2.24) is 9.88 Å². The molecule has 1 fully saturated rings. The van der Waals surface area contributed by atoms with E-state index in [1.165, 1.54) is 0 Å². The van der Waals surface area contributed by atoms with E-state index in [-0.39, 0.29) is 24.0 Å². The molecule has 1 aromatic heterocycles. The Bertz CT molecular complexity index is 828. The van der Waals surface area contributed by atoms with Crippen molar-refractivity contribution in [2.45, 2.75) is 33.2 Å². The van der Waals surface area contributed by atoms with E-state index >= 15 is 0 Å². The fraction of sp³-hybridized carbons (Fsp3) is 0.524. The number of benzene rings is 1. The molecule has 0 unspecified atom stereocenters. The monoisotopic (exact) mass is 529 g/mol. The molecule has 3 N–H and O–H groups in total. The van der Waals surface area contributed by atoms with Crippen molar-refractivity contribution in [2.24, 2.45) is 16.6 Å². The van der Waals surface area contributed by atoms with E-state index in [0.717, 1.165) is 61.3 Å². The van der Waals surface area contributed by atoms with E-state index in [1.807, 2.05) is 32.0 Å². The minimum Gasteiger partial charge on any atom is -0.497 e. The highest BCUT2D eigenvalue weighted by Gasteiger charge is 2.21. The van der Waals surface area contributed by atoms with Gasteiger partial charge in [-0.2, -0.15) is 0 Å². The molecule has 1 saturated heterocycles. The fourth-order valence-electron chi connectivity index (χ4n) is 3.44. The summed E-state index contributed by atoms with van der Waals surface area (Å²) >= 11 is 0. The highest BCUT2D eigenvalue weighted by Crippen LogP contribution is 2.28. The number of piperidine rings is 1. The van der Waals surface area contributed by atoms with Crippen molar-refractivity contribution in [1.29, 1.82) is 0 Å². The number of aliphatic imine (C=N–C) groups is 1. The third kappa shape index (κ3) is 6.49. The molecule has 0 bridgehead atoms. The van der Waals surface area contributed by atoms with Gasteiger partial charge in [-0.3, -0.25) is 9.89 Å². The fourth-order valence-corrected chi connectivity index (χ4v) is 3.44. The van der Waals surface area contributed by atoms with Crippen molar-refractivity contribution in [3.05, 3.63) is 35.5 Å². The topological polar surface area (TPSA) is 98.1 Å². The summed E-state index contributed by atoms with van der Waals surface area (Å²) in [5, 5.41) is 3.12. The number of ether oxygens (including phenoxy) is 2. The zero-order valence-electron chi connectivity index (χ0n) is 18.1. The van der Waals surface area contributed by atoms with Gasteiger partial charge in [0.15, 0.2) is 5.96 Å². The zero-order chi connectivity index (χ0) is 20.8. The Morgan fingerprint density at radius 3 is 2.60 bits per heavy atom. The standard InChI is InChI=1S/C21H31N5O3.HI/c1-14-15(2)29-20(24-14)13-26-9-7-16(8-10-26)12-23-21(22)25-18-11-17(27-3)5-6-19(18)28-4;/h5-6,11,16H,7-10,12-13H2,1-4H3,(H3,22,23,25);1H. The number of halogens is 1. The largest absolute Gasteiger partial charge is 0.497 e. The van der Waals surface area contributed by atoms with Gasteiger partial charge in [-0.15, -0.1) is 24.0 Å². The number of nitrogens with one attached hydrogen (secondary N) is 1. The number of likely N-dealkylation sites (tertiary alicyclic amines) is 1. The van der Waals surface area contributed by atoms with E-state index in [1.54, 1.807) is 14.2 Å². The maximum Gasteiger partial charge on any atom is 0.208 e. The molecule has 8 nitrogen and oxygen atoms in total. The Morgan fingerprint density at radius 2 is 2.00 bits per heavy atom. The number of hydrogen-bond acceptors (Lipinski definition) is 6. The van der Waals surface area contributed by atoms with Gasteiger partial charge < -0.3 is 24.9 Å². The first-order chi connectivity index (χ1) is 14.0. The van der Waals surface area contributed by atoms with Gasteiger partial charge in [-0.25, -0.2) is 4.98 Å². The molecule has 166 valence electrons. The lowest BCUT2D eigenvalue weighted by atomic mass is 9.97. The summed E-state index contributed by atoms with van der Waals surface area (Å²) in [7, 11) is 3.24. The first-order valence-corrected chi connectivity index (χ1v) is 9.92. The summed E-state index contributed by atoms with van der Waals surface area (Å²) in [5.41, 5.74) is 7.80. The van der Waals surface area contributed by atoms with Crippen LogP contribution >= 0.6 is 24.0 Å². The molecule has 2 heterocycles. The summed E-state index contributed by atoms with van der Waals surface area (Å²) < 4.78 is 16.3. The predicted octanol–water partition coefficient (Wildman–Crippen LogP) is 3.57. The van der Waals surface area contributed by atoms with Gasteiger partial charge in [0.05, 0.1) is 32.1 Å². The first-order valence-electron chi connectivity index (χ1n) is 9.92.